The van der Waals surface area contributed by atoms with Gasteiger partial charge in [0.05, 0.1) is 19.3 Å². The van der Waals surface area contributed by atoms with Crippen molar-refractivity contribution in [3.63, 3.8) is 0 Å². The number of imidazole rings is 1. The van der Waals surface area contributed by atoms with Gasteiger partial charge in [0.25, 0.3) is 0 Å². The van der Waals surface area contributed by atoms with Crippen molar-refractivity contribution >= 4 is 34.3 Å². The van der Waals surface area contributed by atoms with Gasteiger partial charge in [0.15, 0.2) is 5.82 Å². The molecule has 6 atom stereocenters. The van der Waals surface area contributed by atoms with Crippen molar-refractivity contribution in [1.29, 1.82) is 0 Å². The number of amides is 1. The summed E-state index contributed by atoms with van der Waals surface area (Å²) in [6.07, 6.45) is 4.39. The Balaban J connectivity index is 1.36. The highest BCUT2D eigenvalue weighted by Crippen LogP contribution is 2.36. The van der Waals surface area contributed by atoms with Crippen LogP contribution in [-0.2, 0) is 9.47 Å². The number of hydrogen-bond acceptors (Lipinski definition) is 9. The Bertz CT molecular complexity index is 1210. The number of allylic oxidation sites excluding steroid dienone is 1. The molecule has 0 radical (unpaired) electrons. The van der Waals surface area contributed by atoms with Gasteiger partial charge in [-0.3, -0.25) is 5.32 Å². The first kappa shape index (κ1) is 23.8. The van der Waals surface area contributed by atoms with Crippen molar-refractivity contribution < 1.29 is 29.0 Å². The van der Waals surface area contributed by atoms with E-state index in [0.29, 0.717) is 12.2 Å². The van der Waals surface area contributed by atoms with Crippen LogP contribution in [0, 0.1) is 0 Å². The maximum Gasteiger partial charge on any atom is 0.441 e. The topological polar surface area (TPSA) is 149 Å². The maximum atomic E-state index is 12.6. The average Bonchev–Trinajstić information content (AvgIpc) is 3.58. The van der Waals surface area contributed by atoms with Crippen LogP contribution in [-0.4, -0.2) is 68.3 Å². The predicted molar refractivity (Wildman–Crippen MR) is 128 cm³/mol. The lowest BCUT2D eigenvalue weighted by molar-refractivity contribution is -0.545. The molecule has 4 heterocycles. The van der Waals surface area contributed by atoms with E-state index in [9.17, 15) is 15.0 Å². The van der Waals surface area contributed by atoms with Crippen LogP contribution < -0.4 is 15.6 Å². The molecule has 0 aromatic carbocycles. The minimum absolute atomic E-state index is 0.0505. The summed E-state index contributed by atoms with van der Waals surface area (Å²) < 4.78 is 15.1. The molecule has 5 rings (SSSR count). The van der Waals surface area contributed by atoms with Gasteiger partial charge in [-0.1, -0.05) is 18.2 Å². The van der Waals surface area contributed by atoms with Crippen molar-refractivity contribution in [2.75, 3.05) is 18.9 Å². The number of ether oxygens (including phenoxy) is 2. The van der Waals surface area contributed by atoms with Crippen molar-refractivity contribution in [2.24, 2.45) is 0 Å². The number of fused-ring (bicyclic) bond motifs is 1. The Morgan fingerprint density at radius 3 is 2.94 bits per heavy atom. The summed E-state index contributed by atoms with van der Waals surface area (Å²) >= 11 is 1.71. The third-order valence-corrected chi connectivity index (χ3v) is 7.48. The second kappa shape index (κ2) is 9.99. The molecule has 3 aromatic heterocycles. The highest BCUT2D eigenvalue weighted by atomic mass is 32.1. The van der Waals surface area contributed by atoms with E-state index in [1.807, 2.05) is 6.07 Å². The monoisotopic (exact) mass is 501 g/mol. The van der Waals surface area contributed by atoms with Crippen molar-refractivity contribution in [3.05, 3.63) is 47.2 Å². The van der Waals surface area contributed by atoms with Crippen molar-refractivity contribution in [2.45, 2.75) is 56.3 Å². The number of anilines is 1. The van der Waals surface area contributed by atoms with Gasteiger partial charge in [0.2, 0.25) is 23.7 Å². The summed E-state index contributed by atoms with van der Waals surface area (Å²) in [5.41, 5.74) is 6.62. The van der Waals surface area contributed by atoms with E-state index in [0.717, 1.165) is 12.8 Å². The number of nitrogens with two attached hydrogens (primary N) is 1. The highest BCUT2D eigenvalue weighted by molar-refractivity contribution is 7.10. The number of rotatable bonds is 6. The number of aliphatic hydroxyl groups is 2. The molecule has 0 spiro atoms. The first-order valence-electron chi connectivity index (χ1n) is 11.6. The second-order valence-electron chi connectivity index (χ2n) is 8.64. The lowest BCUT2D eigenvalue weighted by atomic mass is 9.90. The Morgan fingerprint density at radius 1 is 1.34 bits per heavy atom. The molecule has 35 heavy (non-hydrogen) atoms. The van der Waals surface area contributed by atoms with Crippen LogP contribution in [0.15, 0.2) is 42.3 Å². The van der Waals surface area contributed by atoms with E-state index in [4.69, 9.17) is 15.2 Å². The van der Waals surface area contributed by atoms with Crippen LogP contribution in [0.1, 0.15) is 36.8 Å². The van der Waals surface area contributed by atoms with Gasteiger partial charge < -0.3 is 25.4 Å². The molecular weight excluding hydrogens is 472 g/mol. The van der Waals surface area contributed by atoms with Gasteiger partial charge in [-0.2, -0.15) is 4.57 Å². The molecule has 186 valence electrons. The number of aromatic nitrogens is 4. The third-order valence-electron chi connectivity index (χ3n) is 6.47. The first-order chi connectivity index (χ1) is 17.0. The van der Waals surface area contributed by atoms with E-state index >= 15 is 0 Å². The minimum atomic E-state index is -1.27. The van der Waals surface area contributed by atoms with E-state index < -0.39 is 30.6 Å². The predicted octanol–water partition coefficient (Wildman–Crippen LogP) is 1.08. The smallest absolute Gasteiger partial charge is 0.387 e. The van der Waals surface area contributed by atoms with Gasteiger partial charge in [-0.25, -0.2) is 19.3 Å². The molecule has 0 saturated carbocycles. The van der Waals surface area contributed by atoms with Gasteiger partial charge in [-0.05, 0) is 31.2 Å². The number of hydrogen-bond donors (Lipinski definition) is 4. The fraction of sp³-hybridized carbons (Fsp3) is 0.478. The lowest BCUT2D eigenvalue weighted by Gasteiger charge is -2.29. The number of carbonyl (C=O) groups excluding carboxylic acids is 1. The van der Waals surface area contributed by atoms with E-state index in [1.54, 1.807) is 18.3 Å². The number of nitrogens with one attached hydrogen (secondary N) is 1. The Hall–Kier alpha value is -2.90. The number of carbonyl (C=O) groups is 1. The molecule has 1 aliphatic carbocycles. The molecule has 1 aliphatic heterocycles. The summed E-state index contributed by atoms with van der Waals surface area (Å²) in [7, 11) is 0. The summed E-state index contributed by atoms with van der Waals surface area (Å²) in [6.45, 7) is 2.32. The van der Waals surface area contributed by atoms with Crippen LogP contribution >= 0.6 is 11.3 Å². The Kier molecular flexibility index (Phi) is 6.80. The SMILES string of the molecule is CCNC(=O)[n+]1cn([C@@H]2O[C@H](CO[C@@H]3CC=CC[C@H]3c3cccs3)[C@@H](O)[C@H]2O)c2ncnc(N)c21. The molecule has 0 bridgehead atoms. The quantitative estimate of drug-likeness (QED) is 0.290. The van der Waals surface area contributed by atoms with Crippen molar-refractivity contribution in [1.82, 2.24) is 19.9 Å². The molecule has 12 heteroatoms. The largest absolute Gasteiger partial charge is 0.441 e. The van der Waals surface area contributed by atoms with Crippen LogP contribution in [0.4, 0.5) is 10.6 Å². The minimum Gasteiger partial charge on any atom is -0.387 e. The molecule has 1 amide bonds. The number of nitrogens with zero attached hydrogens (tertiary/aromatic N) is 4. The number of aliphatic hydroxyl groups excluding tert-OH is 2. The van der Waals surface area contributed by atoms with E-state index in [2.05, 4.69) is 38.9 Å². The van der Waals surface area contributed by atoms with Gasteiger partial charge >= 0.3 is 6.03 Å². The second-order valence-corrected chi connectivity index (χ2v) is 9.62. The molecule has 3 aromatic rings. The summed E-state index contributed by atoms with van der Waals surface area (Å²) in [4.78, 5) is 22.1. The van der Waals surface area contributed by atoms with Crippen LogP contribution in [0.5, 0.6) is 0 Å². The highest BCUT2D eigenvalue weighted by Gasteiger charge is 2.47. The zero-order valence-corrected chi connectivity index (χ0v) is 20.0. The van der Waals surface area contributed by atoms with Gasteiger partial charge in [0.1, 0.15) is 24.6 Å². The molecule has 11 nitrogen and oxygen atoms in total. The lowest BCUT2D eigenvalue weighted by Crippen LogP contribution is -2.50. The van der Waals surface area contributed by atoms with Crippen molar-refractivity contribution in [3.8, 4) is 0 Å². The molecular formula is C23H29N6O5S+. The third kappa shape index (κ3) is 4.43. The fourth-order valence-electron chi connectivity index (χ4n) is 4.71. The summed E-state index contributed by atoms with van der Waals surface area (Å²) in [5, 5.41) is 26.4. The number of thiophene rings is 1. The van der Waals surface area contributed by atoms with E-state index in [-0.39, 0.29) is 30.0 Å². The van der Waals surface area contributed by atoms with Crippen LogP contribution in [0.25, 0.3) is 11.2 Å². The molecule has 1 saturated heterocycles. The fourth-order valence-corrected chi connectivity index (χ4v) is 5.60. The first-order valence-corrected chi connectivity index (χ1v) is 12.5. The number of nitrogen functional groups attached to an aromatic ring is 1. The Morgan fingerprint density at radius 2 is 2.17 bits per heavy atom. The molecule has 5 N–H and O–H groups in total. The van der Waals surface area contributed by atoms with Crippen LogP contribution in [0.2, 0.25) is 0 Å². The zero-order valence-electron chi connectivity index (χ0n) is 19.2. The average molecular weight is 502 g/mol. The normalized spacial score (nSPS) is 28.5. The maximum absolute atomic E-state index is 12.6. The summed E-state index contributed by atoms with van der Waals surface area (Å²) in [6, 6.07) is 3.72. The Labute approximate surface area is 205 Å². The van der Waals surface area contributed by atoms with Gasteiger partial charge in [0, 0.05) is 10.8 Å². The molecule has 0 unspecified atom stereocenters. The van der Waals surface area contributed by atoms with E-state index in [1.165, 1.54) is 26.7 Å². The molecule has 2 aliphatic rings. The molecule has 1 fully saturated rings. The summed E-state index contributed by atoms with van der Waals surface area (Å²) in [5.74, 6) is 0.348. The standard InChI is InChI=1S/C23H28N6O5S/c1-2-25-23(32)28-12-29(21-17(28)20(24)26-11-27-21)22-19(31)18(30)15(34-22)10-33-14-7-4-3-6-13(14)16-8-5-9-35-16/h3-5,8-9,11-15,18-19,22,30-31H,2,6-7,10H2,1H3,(H2-,24,25,26,27,32)/p+1/t13-,14-,15-,18-,19-,22-/m1/s1. The van der Waals surface area contributed by atoms with Crippen LogP contribution in [0.3, 0.4) is 0 Å². The zero-order chi connectivity index (χ0) is 24.5. The van der Waals surface area contributed by atoms with Gasteiger partial charge in [-0.15, -0.1) is 11.3 Å².